The van der Waals surface area contributed by atoms with Crippen LogP contribution in [0.5, 0.6) is 0 Å². The van der Waals surface area contributed by atoms with Gasteiger partial charge in [-0.1, -0.05) is 48.5 Å². The molecular formula is C29H34F3N7O6. The predicted octanol–water partition coefficient (Wildman–Crippen LogP) is 3.04. The molecule has 0 aliphatic carbocycles. The number of ether oxygens (including phenoxy) is 1. The summed E-state index contributed by atoms with van der Waals surface area (Å²) in [6, 6.07) is 15.4. The van der Waals surface area contributed by atoms with E-state index in [1.54, 1.807) is 25.7 Å². The van der Waals surface area contributed by atoms with Crippen LogP contribution in [0.4, 0.5) is 18.0 Å². The van der Waals surface area contributed by atoms with Gasteiger partial charge < -0.3 is 25.4 Å². The van der Waals surface area contributed by atoms with Crippen LogP contribution < -0.4 is 10.6 Å². The number of carbonyl (C=O) groups is 4. The number of benzene rings is 2. The predicted molar refractivity (Wildman–Crippen MR) is 153 cm³/mol. The highest BCUT2D eigenvalue weighted by atomic mass is 19.4. The van der Waals surface area contributed by atoms with E-state index >= 15 is 0 Å². The molecule has 13 nitrogen and oxygen atoms in total. The number of hydrogen-bond donors (Lipinski definition) is 3. The van der Waals surface area contributed by atoms with Gasteiger partial charge in [0.05, 0.1) is 5.69 Å². The van der Waals surface area contributed by atoms with Crippen LogP contribution in [0.1, 0.15) is 44.7 Å². The van der Waals surface area contributed by atoms with Gasteiger partial charge in [-0.2, -0.15) is 13.2 Å². The first-order chi connectivity index (χ1) is 21.2. The Kier molecular flexibility index (Phi) is 11.6. The number of alkyl halides is 3. The minimum absolute atomic E-state index is 0.247. The lowest BCUT2D eigenvalue weighted by Gasteiger charge is -2.29. The molecule has 4 rings (SSSR count). The summed E-state index contributed by atoms with van der Waals surface area (Å²) in [7, 11) is 0. The number of tetrazole rings is 1. The number of carbonyl (C=O) groups excluding carboxylic acids is 3. The molecule has 2 aromatic carbocycles. The lowest BCUT2D eigenvalue weighted by Crippen LogP contribution is -2.54. The lowest BCUT2D eigenvalue weighted by atomic mass is 10.0. The van der Waals surface area contributed by atoms with Crippen molar-refractivity contribution < 1.29 is 42.2 Å². The molecule has 3 aromatic rings. The summed E-state index contributed by atoms with van der Waals surface area (Å²) in [5.74, 6) is -3.32. The van der Waals surface area contributed by atoms with E-state index in [-0.39, 0.29) is 24.8 Å². The van der Waals surface area contributed by atoms with Crippen molar-refractivity contribution in [3.05, 3.63) is 72.1 Å². The molecule has 1 aromatic heterocycles. The first-order valence-corrected chi connectivity index (χ1v) is 13.9. The number of halogens is 3. The van der Waals surface area contributed by atoms with Crippen LogP contribution >= 0.6 is 0 Å². The van der Waals surface area contributed by atoms with Crippen LogP contribution in [-0.4, -0.2) is 84.5 Å². The number of aliphatic carboxylic acids is 1. The molecule has 45 heavy (non-hydrogen) atoms. The number of para-hydroxylation sites is 1. The van der Waals surface area contributed by atoms with Gasteiger partial charge in [0.25, 0.3) is 0 Å². The SMILES string of the molecule is CC(C)(C)OC(=O)N[C@H](Cc1ccccc1)C(=O)N1CCC[C@H]1C(=O)NCc1ccccc1-n1cnnn1.O=C(O)C(F)(F)F. The fourth-order valence-corrected chi connectivity index (χ4v) is 4.46. The van der Waals surface area contributed by atoms with Gasteiger partial charge in [-0.3, -0.25) is 9.59 Å². The van der Waals surface area contributed by atoms with Gasteiger partial charge in [-0.15, -0.1) is 5.10 Å². The smallest absolute Gasteiger partial charge is 0.475 e. The number of alkyl carbamates (subject to hydrolysis) is 1. The molecule has 1 saturated heterocycles. The summed E-state index contributed by atoms with van der Waals surface area (Å²) < 4.78 is 38.7. The summed E-state index contributed by atoms with van der Waals surface area (Å²) in [5.41, 5.74) is 1.76. The van der Waals surface area contributed by atoms with Gasteiger partial charge in [-0.25, -0.2) is 14.3 Å². The van der Waals surface area contributed by atoms with E-state index in [1.165, 1.54) is 11.0 Å². The average molecular weight is 634 g/mol. The lowest BCUT2D eigenvalue weighted by molar-refractivity contribution is -0.192. The van der Waals surface area contributed by atoms with E-state index < -0.39 is 35.9 Å². The van der Waals surface area contributed by atoms with Gasteiger partial charge >= 0.3 is 18.2 Å². The largest absolute Gasteiger partial charge is 0.490 e. The Morgan fingerprint density at radius 1 is 1.04 bits per heavy atom. The standard InChI is InChI=1S/C27H33N7O4.C2HF3O2/c1-27(2,3)38-26(37)30-21(16-19-10-5-4-6-11-19)25(36)33-15-9-14-23(33)24(35)28-17-20-12-7-8-13-22(20)34-18-29-31-32-34;3-2(4,5)1(6)7/h4-8,10-13,18,21,23H,9,14-17H2,1-3H3,(H,28,35)(H,30,37);(H,6,7)/t21-,23+;/m1./s1. The Hall–Kier alpha value is -5.02. The molecule has 1 aliphatic rings. The minimum atomic E-state index is -5.08. The summed E-state index contributed by atoms with van der Waals surface area (Å²) >= 11 is 0. The molecule has 0 saturated carbocycles. The van der Waals surface area contributed by atoms with Crippen LogP contribution in [0.15, 0.2) is 60.9 Å². The molecule has 242 valence electrons. The highest BCUT2D eigenvalue weighted by molar-refractivity contribution is 5.92. The number of rotatable bonds is 8. The maximum atomic E-state index is 13.7. The molecule has 2 heterocycles. The maximum absolute atomic E-state index is 13.7. The van der Waals surface area contributed by atoms with Gasteiger partial charge in [-0.05, 0) is 61.2 Å². The Labute approximate surface area is 256 Å². The van der Waals surface area contributed by atoms with Gasteiger partial charge in [0.15, 0.2) is 0 Å². The molecule has 1 fully saturated rings. The van der Waals surface area contributed by atoms with Crippen LogP contribution in [0.25, 0.3) is 5.69 Å². The van der Waals surface area contributed by atoms with Crippen molar-refractivity contribution in [2.75, 3.05) is 6.54 Å². The number of amides is 3. The summed E-state index contributed by atoms with van der Waals surface area (Å²) in [5, 5.41) is 24.1. The summed E-state index contributed by atoms with van der Waals surface area (Å²) in [6.45, 7) is 5.97. The maximum Gasteiger partial charge on any atom is 0.490 e. The Morgan fingerprint density at radius 2 is 1.69 bits per heavy atom. The summed E-state index contributed by atoms with van der Waals surface area (Å²) in [6.07, 6.45) is -2.76. The third-order valence-electron chi connectivity index (χ3n) is 6.39. The van der Waals surface area contributed by atoms with E-state index in [0.29, 0.717) is 19.4 Å². The molecule has 0 bridgehead atoms. The van der Waals surface area contributed by atoms with Crippen molar-refractivity contribution in [1.82, 2.24) is 35.7 Å². The van der Waals surface area contributed by atoms with Crippen LogP contribution in [0, 0.1) is 0 Å². The van der Waals surface area contributed by atoms with Crippen LogP contribution in [0.3, 0.4) is 0 Å². The minimum Gasteiger partial charge on any atom is -0.475 e. The quantitative estimate of drug-likeness (QED) is 0.338. The first kappa shape index (κ1) is 34.5. The Bertz CT molecular complexity index is 1450. The molecule has 2 atom stereocenters. The van der Waals surface area contributed by atoms with Crippen molar-refractivity contribution in [2.45, 2.75) is 70.4 Å². The fraction of sp³-hybridized carbons (Fsp3) is 0.414. The first-order valence-electron chi connectivity index (χ1n) is 13.9. The summed E-state index contributed by atoms with van der Waals surface area (Å²) in [4.78, 5) is 50.0. The Morgan fingerprint density at radius 3 is 2.29 bits per heavy atom. The van der Waals surface area contributed by atoms with Gasteiger partial charge in [0.1, 0.15) is 24.0 Å². The zero-order chi connectivity index (χ0) is 33.2. The second-order valence-corrected chi connectivity index (χ2v) is 11.0. The molecule has 1 aliphatic heterocycles. The number of nitrogens with one attached hydrogen (secondary N) is 2. The molecule has 0 radical (unpaired) electrons. The number of carboxylic acids is 1. The highest BCUT2D eigenvalue weighted by Crippen LogP contribution is 2.21. The van der Waals surface area contributed by atoms with Crippen molar-refractivity contribution >= 4 is 23.9 Å². The fourth-order valence-electron chi connectivity index (χ4n) is 4.46. The normalized spacial score (nSPS) is 15.3. The number of carboxylic acid groups (broad SMARTS) is 1. The van der Waals surface area contributed by atoms with Crippen molar-refractivity contribution in [1.29, 1.82) is 0 Å². The van der Waals surface area contributed by atoms with Gasteiger partial charge in [0.2, 0.25) is 11.8 Å². The second-order valence-electron chi connectivity index (χ2n) is 11.0. The third kappa shape index (κ3) is 10.6. The third-order valence-corrected chi connectivity index (χ3v) is 6.39. The number of nitrogens with zero attached hydrogens (tertiary/aromatic N) is 5. The molecule has 3 N–H and O–H groups in total. The zero-order valence-corrected chi connectivity index (χ0v) is 24.8. The number of likely N-dealkylation sites (tertiary alicyclic amines) is 1. The number of hydrogen-bond acceptors (Lipinski definition) is 8. The molecule has 0 spiro atoms. The topological polar surface area (TPSA) is 169 Å². The highest BCUT2D eigenvalue weighted by Gasteiger charge is 2.39. The molecular weight excluding hydrogens is 599 g/mol. The van der Waals surface area contributed by atoms with E-state index in [0.717, 1.165) is 16.8 Å². The van der Waals surface area contributed by atoms with Crippen LogP contribution in [-0.2, 0) is 32.1 Å². The van der Waals surface area contributed by atoms with Crippen molar-refractivity contribution in [2.24, 2.45) is 0 Å². The molecule has 0 unspecified atom stereocenters. The van der Waals surface area contributed by atoms with Crippen molar-refractivity contribution in [3.8, 4) is 5.69 Å². The van der Waals surface area contributed by atoms with E-state index in [1.807, 2.05) is 54.6 Å². The van der Waals surface area contributed by atoms with E-state index in [9.17, 15) is 27.6 Å². The van der Waals surface area contributed by atoms with Crippen LogP contribution in [0.2, 0.25) is 0 Å². The van der Waals surface area contributed by atoms with Gasteiger partial charge in [0, 0.05) is 19.5 Å². The van der Waals surface area contributed by atoms with Crippen molar-refractivity contribution in [3.63, 3.8) is 0 Å². The number of aromatic nitrogens is 4. The van der Waals surface area contributed by atoms with E-state index in [4.69, 9.17) is 14.6 Å². The molecule has 3 amide bonds. The monoisotopic (exact) mass is 633 g/mol. The zero-order valence-electron chi connectivity index (χ0n) is 24.8. The Balaban J connectivity index is 0.000000707. The van der Waals surface area contributed by atoms with E-state index in [2.05, 4.69) is 26.2 Å². The second kappa shape index (κ2) is 15.1. The average Bonchev–Trinajstić information content (AvgIpc) is 3.68. The molecule has 16 heteroatoms.